The van der Waals surface area contributed by atoms with E-state index in [-0.39, 0.29) is 12.3 Å². The minimum atomic E-state index is -0.152. The highest BCUT2D eigenvalue weighted by Crippen LogP contribution is 2.06. The molecule has 21 heavy (non-hydrogen) atoms. The monoisotopic (exact) mass is 281 g/mol. The van der Waals surface area contributed by atoms with Gasteiger partial charge in [-0.3, -0.25) is 4.79 Å². The lowest BCUT2D eigenvalue weighted by atomic mass is 10.1. The van der Waals surface area contributed by atoms with Gasteiger partial charge in [-0.1, -0.05) is 43.3 Å². The van der Waals surface area contributed by atoms with Crippen molar-refractivity contribution in [1.29, 1.82) is 0 Å². The summed E-state index contributed by atoms with van der Waals surface area (Å²) in [5.41, 5.74) is 12.0. The minimum absolute atomic E-state index is 0.152. The number of nitrogens with one attached hydrogen (secondary N) is 1. The lowest BCUT2D eigenvalue weighted by molar-refractivity contribution is -0.120. The molecular weight excluding hydrogens is 262 g/mol. The van der Waals surface area contributed by atoms with Gasteiger partial charge in [-0.15, -0.1) is 0 Å². The van der Waals surface area contributed by atoms with E-state index in [4.69, 9.17) is 5.73 Å². The molecule has 0 aliphatic carbocycles. The van der Waals surface area contributed by atoms with Gasteiger partial charge in [0.15, 0.2) is 0 Å². The van der Waals surface area contributed by atoms with Gasteiger partial charge in [0.1, 0.15) is 0 Å². The first-order valence-electron chi connectivity index (χ1n) is 6.92. The summed E-state index contributed by atoms with van der Waals surface area (Å²) in [4.78, 5) is 11.7. The van der Waals surface area contributed by atoms with Crippen molar-refractivity contribution in [3.05, 3.63) is 65.2 Å². The van der Waals surface area contributed by atoms with Crippen LogP contribution in [0.15, 0.2) is 53.6 Å². The van der Waals surface area contributed by atoms with Crippen molar-refractivity contribution >= 4 is 17.8 Å². The molecule has 0 bridgehead atoms. The van der Waals surface area contributed by atoms with Gasteiger partial charge in [0, 0.05) is 5.69 Å². The summed E-state index contributed by atoms with van der Waals surface area (Å²) in [5.74, 6) is -0.152. The molecule has 0 spiro atoms. The topological polar surface area (TPSA) is 67.5 Å². The van der Waals surface area contributed by atoms with Crippen molar-refractivity contribution in [3.8, 4) is 0 Å². The number of carbonyl (C=O) groups is 1. The second-order valence-corrected chi connectivity index (χ2v) is 4.81. The van der Waals surface area contributed by atoms with Gasteiger partial charge in [-0.25, -0.2) is 5.43 Å². The van der Waals surface area contributed by atoms with Gasteiger partial charge >= 0.3 is 0 Å². The molecular formula is C17H19N3O. The quantitative estimate of drug-likeness (QED) is 0.502. The number of benzene rings is 2. The Hall–Kier alpha value is -2.62. The summed E-state index contributed by atoms with van der Waals surface area (Å²) in [7, 11) is 0. The SMILES string of the molecule is CCc1ccc(/C=N\NC(=O)Cc2ccc(N)cc2)cc1. The third-order valence-corrected chi connectivity index (χ3v) is 3.14. The van der Waals surface area contributed by atoms with E-state index in [1.807, 2.05) is 24.3 Å². The molecule has 0 aromatic heterocycles. The first-order valence-corrected chi connectivity index (χ1v) is 6.92. The van der Waals surface area contributed by atoms with Crippen molar-refractivity contribution < 1.29 is 4.79 Å². The number of amides is 1. The number of aryl methyl sites for hydroxylation is 1. The van der Waals surface area contributed by atoms with Gasteiger partial charge in [-0.05, 0) is 35.2 Å². The number of rotatable bonds is 5. The van der Waals surface area contributed by atoms with Crippen LogP contribution in [0.25, 0.3) is 0 Å². The zero-order valence-corrected chi connectivity index (χ0v) is 12.0. The number of hydrogen-bond acceptors (Lipinski definition) is 3. The molecule has 4 nitrogen and oxygen atoms in total. The lowest BCUT2D eigenvalue weighted by Gasteiger charge is -2.01. The fraction of sp³-hybridized carbons (Fsp3) is 0.176. The molecule has 0 unspecified atom stereocenters. The molecule has 0 heterocycles. The van der Waals surface area contributed by atoms with Gasteiger partial charge in [0.2, 0.25) is 5.91 Å². The molecule has 3 N–H and O–H groups in total. The van der Waals surface area contributed by atoms with E-state index in [1.165, 1.54) is 5.56 Å². The van der Waals surface area contributed by atoms with Crippen LogP contribution in [-0.2, 0) is 17.6 Å². The van der Waals surface area contributed by atoms with Crippen LogP contribution in [0.5, 0.6) is 0 Å². The Kier molecular flexibility index (Phi) is 5.10. The Balaban J connectivity index is 1.85. The number of nitrogens with zero attached hydrogens (tertiary/aromatic N) is 1. The molecule has 2 aromatic carbocycles. The Labute approximate surface area is 124 Å². The molecule has 0 radical (unpaired) electrons. The van der Waals surface area contributed by atoms with Crippen molar-refractivity contribution in [2.75, 3.05) is 5.73 Å². The summed E-state index contributed by atoms with van der Waals surface area (Å²) in [5, 5.41) is 3.96. The highest BCUT2D eigenvalue weighted by atomic mass is 16.2. The fourth-order valence-corrected chi connectivity index (χ4v) is 1.88. The molecule has 2 aromatic rings. The van der Waals surface area contributed by atoms with Gasteiger partial charge in [-0.2, -0.15) is 5.10 Å². The second kappa shape index (κ2) is 7.24. The van der Waals surface area contributed by atoms with E-state index in [0.717, 1.165) is 17.5 Å². The average Bonchev–Trinajstić information content (AvgIpc) is 2.50. The molecule has 1 amide bonds. The average molecular weight is 281 g/mol. The Morgan fingerprint density at radius 1 is 1.10 bits per heavy atom. The van der Waals surface area contributed by atoms with Crippen LogP contribution in [0.2, 0.25) is 0 Å². The largest absolute Gasteiger partial charge is 0.399 e. The van der Waals surface area contributed by atoms with E-state index >= 15 is 0 Å². The summed E-state index contributed by atoms with van der Waals surface area (Å²) in [6.07, 6.45) is 2.93. The van der Waals surface area contributed by atoms with Crippen LogP contribution in [0, 0.1) is 0 Å². The van der Waals surface area contributed by atoms with Crippen LogP contribution in [0.1, 0.15) is 23.6 Å². The number of nitrogens with two attached hydrogens (primary N) is 1. The summed E-state index contributed by atoms with van der Waals surface area (Å²) < 4.78 is 0. The summed E-state index contributed by atoms with van der Waals surface area (Å²) in [6.45, 7) is 2.11. The zero-order chi connectivity index (χ0) is 15.1. The van der Waals surface area contributed by atoms with Crippen LogP contribution >= 0.6 is 0 Å². The Bertz CT molecular complexity index is 615. The Morgan fingerprint density at radius 2 is 1.71 bits per heavy atom. The van der Waals surface area contributed by atoms with Crippen LogP contribution in [0.3, 0.4) is 0 Å². The standard InChI is InChI=1S/C17H19N3O/c1-2-13-3-5-15(6-4-13)12-19-20-17(21)11-14-7-9-16(18)10-8-14/h3-10,12H,2,11,18H2,1H3,(H,20,21)/b19-12-. The van der Waals surface area contributed by atoms with Crippen LogP contribution in [-0.4, -0.2) is 12.1 Å². The number of nitrogen functional groups attached to an aromatic ring is 1. The fourth-order valence-electron chi connectivity index (χ4n) is 1.88. The minimum Gasteiger partial charge on any atom is -0.399 e. The molecule has 2 rings (SSSR count). The van der Waals surface area contributed by atoms with Gasteiger partial charge < -0.3 is 5.73 Å². The molecule has 0 saturated heterocycles. The molecule has 0 fully saturated rings. The first kappa shape index (κ1) is 14.8. The number of anilines is 1. The van der Waals surface area contributed by atoms with E-state index in [1.54, 1.807) is 18.3 Å². The zero-order valence-electron chi connectivity index (χ0n) is 12.0. The first-order chi connectivity index (χ1) is 10.2. The maximum atomic E-state index is 11.7. The second-order valence-electron chi connectivity index (χ2n) is 4.81. The number of hydrazone groups is 1. The summed E-state index contributed by atoms with van der Waals surface area (Å²) >= 11 is 0. The highest BCUT2D eigenvalue weighted by Gasteiger charge is 2.01. The third-order valence-electron chi connectivity index (χ3n) is 3.14. The van der Waals surface area contributed by atoms with E-state index in [0.29, 0.717) is 5.69 Å². The molecule has 0 aliphatic heterocycles. The van der Waals surface area contributed by atoms with E-state index in [2.05, 4.69) is 29.6 Å². The van der Waals surface area contributed by atoms with Crippen molar-refractivity contribution in [1.82, 2.24) is 5.43 Å². The van der Waals surface area contributed by atoms with Crippen LogP contribution in [0.4, 0.5) is 5.69 Å². The van der Waals surface area contributed by atoms with Crippen LogP contribution < -0.4 is 11.2 Å². The van der Waals surface area contributed by atoms with Crippen molar-refractivity contribution in [3.63, 3.8) is 0 Å². The highest BCUT2D eigenvalue weighted by molar-refractivity contribution is 5.83. The maximum Gasteiger partial charge on any atom is 0.244 e. The van der Waals surface area contributed by atoms with E-state index in [9.17, 15) is 4.79 Å². The molecule has 0 aliphatic rings. The van der Waals surface area contributed by atoms with Crippen molar-refractivity contribution in [2.45, 2.75) is 19.8 Å². The smallest absolute Gasteiger partial charge is 0.244 e. The maximum absolute atomic E-state index is 11.7. The van der Waals surface area contributed by atoms with Gasteiger partial charge in [0.25, 0.3) is 0 Å². The van der Waals surface area contributed by atoms with Crippen molar-refractivity contribution in [2.24, 2.45) is 5.10 Å². The number of hydrogen-bond donors (Lipinski definition) is 2. The molecule has 0 saturated carbocycles. The molecule has 108 valence electrons. The predicted molar refractivity (Wildman–Crippen MR) is 86.1 cm³/mol. The predicted octanol–water partition coefficient (Wildman–Crippen LogP) is 2.52. The summed E-state index contributed by atoms with van der Waals surface area (Å²) in [6, 6.07) is 15.3. The third kappa shape index (κ3) is 4.76. The molecule has 0 atom stereocenters. The lowest BCUT2D eigenvalue weighted by Crippen LogP contribution is -2.19. The normalized spacial score (nSPS) is 10.7. The number of carbonyl (C=O) groups excluding carboxylic acids is 1. The molecule has 4 heteroatoms. The Morgan fingerprint density at radius 3 is 2.33 bits per heavy atom. The van der Waals surface area contributed by atoms with Gasteiger partial charge in [0.05, 0.1) is 12.6 Å². The van der Waals surface area contributed by atoms with E-state index < -0.39 is 0 Å².